The van der Waals surface area contributed by atoms with Crippen LogP contribution in [-0.4, -0.2) is 53.9 Å². The summed E-state index contributed by atoms with van der Waals surface area (Å²) in [6, 6.07) is 8.63. The number of carbonyl (C=O) groups excluding carboxylic acids is 2. The molecule has 0 saturated carbocycles. The zero-order valence-corrected chi connectivity index (χ0v) is 16.7. The minimum Gasteiger partial charge on any atom is -0.507 e. The summed E-state index contributed by atoms with van der Waals surface area (Å²) in [5.74, 6) is -1.36. The number of Topliss-reactive ketones (excluding diaryl/α,β-unsaturated/α-hetero) is 1. The number of aryl methyl sites for hydroxylation is 2. The Bertz CT molecular complexity index is 935. The maximum atomic E-state index is 12.9. The Labute approximate surface area is 165 Å². The number of likely N-dealkylation sites (N-methyl/N-ethyl adjacent to an activating group) is 1. The van der Waals surface area contributed by atoms with Gasteiger partial charge >= 0.3 is 0 Å². The van der Waals surface area contributed by atoms with Crippen LogP contribution in [0.2, 0.25) is 0 Å². The van der Waals surface area contributed by atoms with E-state index in [4.69, 9.17) is 0 Å². The molecule has 146 valence electrons. The van der Waals surface area contributed by atoms with Crippen molar-refractivity contribution in [2.24, 2.45) is 0 Å². The van der Waals surface area contributed by atoms with E-state index in [9.17, 15) is 14.7 Å². The highest BCUT2D eigenvalue weighted by molar-refractivity contribution is 6.46. The molecule has 3 rings (SSSR count). The number of nitrogens with zero attached hydrogens (tertiary/aromatic N) is 2. The summed E-state index contributed by atoms with van der Waals surface area (Å²) in [5, 5.41) is 11.1. The minimum atomic E-state index is -0.652. The second-order valence-electron chi connectivity index (χ2n) is 7.55. The average molecular weight is 380 g/mol. The molecule has 1 saturated heterocycles. The maximum Gasteiger partial charge on any atom is 0.295 e. The van der Waals surface area contributed by atoms with E-state index in [1.807, 2.05) is 52.2 Å². The number of hydrogen-bond acceptors (Lipinski definition) is 4. The van der Waals surface area contributed by atoms with Gasteiger partial charge in [-0.05, 0) is 37.1 Å². The minimum absolute atomic E-state index is 0.125. The molecule has 2 N–H and O–H groups in total. The van der Waals surface area contributed by atoms with Gasteiger partial charge in [0.1, 0.15) is 5.76 Å². The lowest BCUT2D eigenvalue weighted by atomic mass is 9.94. The molecule has 1 unspecified atom stereocenters. The normalized spacial score (nSPS) is 18.9. The maximum absolute atomic E-state index is 12.9. The molecule has 6 nitrogen and oxygen atoms in total. The molecule has 28 heavy (non-hydrogen) atoms. The second-order valence-corrected chi connectivity index (χ2v) is 7.55. The molecule has 1 aromatic heterocycles. The Morgan fingerprint density at radius 3 is 2.61 bits per heavy atom. The highest BCUT2D eigenvalue weighted by atomic mass is 16.3. The summed E-state index contributed by atoms with van der Waals surface area (Å²) in [5.41, 5.74) is 3.22. The number of quaternary nitrogens is 1. The van der Waals surface area contributed by atoms with E-state index in [0.717, 1.165) is 11.1 Å². The lowest BCUT2D eigenvalue weighted by Crippen LogP contribution is -3.06. The van der Waals surface area contributed by atoms with Gasteiger partial charge in [0.25, 0.3) is 11.7 Å². The van der Waals surface area contributed by atoms with Gasteiger partial charge in [0.15, 0.2) is 0 Å². The predicted molar refractivity (Wildman–Crippen MR) is 107 cm³/mol. The first-order valence-corrected chi connectivity index (χ1v) is 9.36. The smallest absolute Gasteiger partial charge is 0.295 e. The van der Waals surface area contributed by atoms with Gasteiger partial charge in [-0.3, -0.25) is 14.6 Å². The van der Waals surface area contributed by atoms with Gasteiger partial charge in [-0.1, -0.05) is 23.8 Å². The van der Waals surface area contributed by atoms with Crippen molar-refractivity contribution in [2.75, 3.05) is 27.2 Å². The van der Waals surface area contributed by atoms with Crippen molar-refractivity contribution in [3.8, 4) is 0 Å². The van der Waals surface area contributed by atoms with E-state index in [-0.39, 0.29) is 11.3 Å². The average Bonchev–Trinajstić information content (AvgIpc) is 2.93. The molecule has 1 aliphatic heterocycles. The number of nitrogens with one attached hydrogen (secondary N) is 1. The van der Waals surface area contributed by atoms with Crippen LogP contribution in [0.5, 0.6) is 0 Å². The third-order valence-corrected chi connectivity index (χ3v) is 5.04. The van der Waals surface area contributed by atoms with E-state index in [1.165, 1.54) is 4.90 Å². The molecular formula is C22H26N3O3+. The van der Waals surface area contributed by atoms with Crippen LogP contribution in [0.1, 0.15) is 28.3 Å². The van der Waals surface area contributed by atoms with E-state index >= 15 is 0 Å². The first kappa shape index (κ1) is 19.8. The Kier molecular flexibility index (Phi) is 5.61. The van der Waals surface area contributed by atoms with E-state index in [1.54, 1.807) is 23.4 Å². The molecule has 1 aromatic carbocycles. The Morgan fingerprint density at radius 1 is 1.21 bits per heavy atom. The van der Waals surface area contributed by atoms with Crippen molar-refractivity contribution in [1.29, 1.82) is 0 Å². The lowest BCUT2D eigenvalue weighted by Gasteiger charge is -2.25. The van der Waals surface area contributed by atoms with Crippen molar-refractivity contribution in [1.82, 2.24) is 9.88 Å². The molecule has 1 amide bonds. The van der Waals surface area contributed by atoms with Gasteiger partial charge in [-0.25, -0.2) is 0 Å². The molecule has 0 aliphatic carbocycles. The monoisotopic (exact) mass is 380 g/mol. The second kappa shape index (κ2) is 7.94. The third kappa shape index (κ3) is 3.68. The molecule has 2 aromatic rings. The number of benzene rings is 1. The summed E-state index contributed by atoms with van der Waals surface area (Å²) in [7, 11) is 3.98. The summed E-state index contributed by atoms with van der Waals surface area (Å²) in [4.78, 5) is 32.6. The number of pyridine rings is 1. The number of aromatic nitrogens is 1. The van der Waals surface area contributed by atoms with Gasteiger partial charge < -0.3 is 14.9 Å². The summed E-state index contributed by atoms with van der Waals surface area (Å²) >= 11 is 0. The van der Waals surface area contributed by atoms with Crippen molar-refractivity contribution in [2.45, 2.75) is 19.9 Å². The lowest BCUT2D eigenvalue weighted by molar-refractivity contribution is -0.857. The van der Waals surface area contributed by atoms with Gasteiger partial charge in [0.2, 0.25) is 0 Å². The number of ketones is 1. The molecule has 6 heteroatoms. The van der Waals surface area contributed by atoms with Crippen molar-refractivity contribution in [3.05, 3.63) is 70.6 Å². The number of amides is 1. The summed E-state index contributed by atoms with van der Waals surface area (Å²) in [6.45, 7) is 4.90. The number of aliphatic hydroxyl groups excluding tert-OH is 1. The fourth-order valence-electron chi connectivity index (χ4n) is 3.48. The number of hydrogen-bond donors (Lipinski definition) is 2. The fraction of sp³-hybridized carbons (Fsp3) is 0.318. The first-order chi connectivity index (χ1) is 13.3. The molecule has 0 bridgehead atoms. The highest BCUT2D eigenvalue weighted by Crippen LogP contribution is 2.39. The molecule has 2 heterocycles. The van der Waals surface area contributed by atoms with Gasteiger partial charge in [-0.15, -0.1) is 0 Å². The molecular weight excluding hydrogens is 354 g/mol. The molecule has 0 radical (unpaired) electrons. The van der Waals surface area contributed by atoms with Crippen molar-refractivity contribution in [3.63, 3.8) is 0 Å². The molecule has 1 aliphatic rings. The summed E-state index contributed by atoms with van der Waals surface area (Å²) < 4.78 is 0. The number of aliphatic hydroxyl groups is 1. The first-order valence-electron chi connectivity index (χ1n) is 9.36. The number of carbonyl (C=O) groups is 2. The van der Waals surface area contributed by atoms with Gasteiger partial charge in [-0.2, -0.15) is 0 Å². The van der Waals surface area contributed by atoms with Gasteiger partial charge in [0, 0.05) is 18.0 Å². The Balaban J connectivity index is 2.18. The van der Waals surface area contributed by atoms with Crippen LogP contribution in [0.15, 0.2) is 48.3 Å². The topological polar surface area (TPSA) is 74.9 Å². The van der Waals surface area contributed by atoms with Crippen LogP contribution < -0.4 is 4.90 Å². The van der Waals surface area contributed by atoms with Gasteiger partial charge in [0.05, 0.1) is 38.8 Å². The standard InChI is InChI=1S/C22H25N3O3/c1-14-7-8-15(2)17(12-14)20(26)18-19(16-6-5-9-23-13-16)25(11-10-24(3)4)22(28)21(18)27/h5-9,12-13,19,26H,10-11H2,1-4H3/p+1. The van der Waals surface area contributed by atoms with Crippen LogP contribution >= 0.6 is 0 Å². The molecule has 0 spiro atoms. The number of likely N-dealkylation sites (tertiary alicyclic amines) is 1. The van der Waals surface area contributed by atoms with E-state index in [0.29, 0.717) is 24.2 Å². The van der Waals surface area contributed by atoms with Crippen LogP contribution in [0, 0.1) is 13.8 Å². The predicted octanol–water partition coefficient (Wildman–Crippen LogP) is 1.26. The Hall–Kier alpha value is -2.99. The third-order valence-electron chi connectivity index (χ3n) is 5.04. The van der Waals surface area contributed by atoms with Crippen LogP contribution in [0.4, 0.5) is 0 Å². The number of rotatable bonds is 5. The molecule has 1 atom stereocenters. The largest absolute Gasteiger partial charge is 0.507 e. The fourth-order valence-corrected chi connectivity index (χ4v) is 3.48. The summed E-state index contributed by atoms with van der Waals surface area (Å²) in [6.07, 6.45) is 3.28. The SMILES string of the molecule is Cc1ccc(C)c(C(O)=C2C(=O)C(=O)N(CC[NH+](C)C)C2c2cccnc2)c1. The zero-order valence-electron chi connectivity index (χ0n) is 16.7. The Morgan fingerprint density at radius 2 is 1.96 bits per heavy atom. The zero-order chi connectivity index (χ0) is 20.4. The van der Waals surface area contributed by atoms with E-state index < -0.39 is 17.7 Å². The van der Waals surface area contributed by atoms with Crippen LogP contribution in [0.3, 0.4) is 0 Å². The van der Waals surface area contributed by atoms with Crippen molar-refractivity contribution >= 4 is 17.4 Å². The highest BCUT2D eigenvalue weighted by Gasteiger charge is 2.46. The van der Waals surface area contributed by atoms with Crippen molar-refractivity contribution < 1.29 is 19.6 Å². The van der Waals surface area contributed by atoms with E-state index in [2.05, 4.69) is 4.98 Å². The quantitative estimate of drug-likeness (QED) is 0.465. The molecule has 1 fully saturated rings. The van der Waals surface area contributed by atoms with Crippen LogP contribution in [-0.2, 0) is 9.59 Å². The van der Waals surface area contributed by atoms with Crippen LogP contribution in [0.25, 0.3) is 5.76 Å².